The summed E-state index contributed by atoms with van der Waals surface area (Å²) in [6.45, 7) is 5.65. The van der Waals surface area contributed by atoms with Crippen molar-refractivity contribution >= 4 is 18.0 Å². The van der Waals surface area contributed by atoms with E-state index in [2.05, 4.69) is 22.4 Å². The molecule has 0 saturated carbocycles. The van der Waals surface area contributed by atoms with Gasteiger partial charge in [-0.1, -0.05) is 35.9 Å². The first-order valence-electron chi connectivity index (χ1n) is 5.42. The van der Waals surface area contributed by atoms with Crippen LogP contribution in [-0.2, 0) is 9.59 Å². The first-order chi connectivity index (χ1) is 8.63. The summed E-state index contributed by atoms with van der Waals surface area (Å²) in [4.78, 5) is 22.4. The number of carbonyl (C=O) groups excluding carboxylic acids is 2. The van der Waals surface area contributed by atoms with E-state index in [0.29, 0.717) is 0 Å². The third-order valence-corrected chi connectivity index (χ3v) is 2.07. The van der Waals surface area contributed by atoms with Crippen LogP contribution < -0.4 is 10.7 Å². The summed E-state index contributed by atoms with van der Waals surface area (Å²) >= 11 is 0. The van der Waals surface area contributed by atoms with Gasteiger partial charge in [0.15, 0.2) is 0 Å². The van der Waals surface area contributed by atoms with Gasteiger partial charge >= 0.3 is 11.8 Å². The number of aryl methyl sites for hydroxylation is 1. The van der Waals surface area contributed by atoms with Crippen LogP contribution in [-0.4, -0.2) is 24.6 Å². The van der Waals surface area contributed by atoms with E-state index in [0.717, 1.165) is 11.1 Å². The van der Waals surface area contributed by atoms with Crippen LogP contribution in [0.15, 0.2) is 42.0 Å². The van der Waals surface area contributed by atoms with E-state index >= 15 is 0 Å². The molecule has 2 amide bonds. The molecule has 0 aliphatic rings. The minimum Gasteiger partial charge on any atom is -0.344 e. The normalized spacial score (nSPS) is 10.1. The molecule has 0 bridgehead atoms. The highest BCUT2D eigenvalue weighted by Gasteiger charge is 2.10. The molecule has 0 aliphatic heterocycles. The number of hydrogen-bond acceptors (Lipinski definition) is 3. The van der Waals surface area contributed by atoms with Gasteiger partial charge in [-0.15, -0.1) is 6.58 Å². The Kier molecular flexibility index (Phi) is 5.31. The fourth-order valence-corrected chi connectivity index (χ4v) is 1.11. The number of carbonyl (C=O) groups is 2. The van der Waals surface area contributed by atoms with Crippen molar-refractivity contribution in [2.75, 3.05) is 6.54 Å². The minimum atomic E-state index is -0.805. The first-order valence-corrected chi connectivity index (χ1v) is 5.42. The van der Waals surface area contributed by atoms with Crippen LogP contribution in [0.5, 0.6) is 0 Å². The maximum absolute atomic E-state index is 11.2. The zero-order chi connectivity index (χ0) is 13.4. The molecule has 5 nitrogen and oxygen atoms in total. The highest BCUT2D eigenvalue weighted by Crippen LogP contribution is 1.99. The summed E-state index contributed by atoms with van der Waals surface area (Å²) in [6.07, 6.45) is 2.96. The second kappa shape index (κ2) is 7.01. The van der Waals surface area contributed by atoms with Crippen LogP contribution in [0.25, 0.3) is 0 Å². The molecule has 0 atom stereocenters. The van der Waals surface area contributed by atoms with Crippen molar-refractivity contribution in [1.82, 2.24) is 10.7 Å². The van der Waals surface area contributed by atoms with Gasteiger partial charge in [-0.2, -0.15) is 5.10 Å². The molecule has 1 aromatic carbocycles. The lowest BCUT2D eigenvalue weighted by molar-refractivity contribution is -0.139. The molecule has 0 fully saturated rings. The van der Waals surface area contributed by atoms with Gasteiger partial charge in [0.25, 0.3) is 0 Å². The Morgan fingerprint density at radius 1 is 1.28 bits per heavy atom. The predicted molar refractivity (Wildman–Crippen MR) is 70.1 cm³/mol. The molecular weight excluding hydrogens is 230 g/mol. The molecule has 2 N–H and O–H groups in total. The zero-order valence-electron chi connectivity index (χ0n) is 10.1. The molecule has 0 aliphatic carbocycles. The van der Waals surface area contributed by atoms with E-state index in [9.17, 15) is 9.59 Å². The summed E-state index contributed by atoms with van der Waals surface area (Å²) in [7, 11) is 0. The minimum absolute atomic E-state index is 0.244. The number of benzene rings is 1. The van der Waals surface area contributed by atoms with Crippen LogP contribution in [0.3, 0.4) is 0 Å². The first kappa shape index (κ1) is 13.6. The van der Waals surface area contributed by atoms with Gasteiger partial charge in [-0.05, 0) is 12.5 Å². The number of nitrogens with one attached hydrogen (secondary N) is 2. The van der Waals surface area contributed by atoms with Gasteiger partial charge in [-0.3, -0.25) is 9.59 Å². The molecule has 1 aromatic rings. The molecular formula is C13H15N3O2. The lowest BCUT2D eigenvalue weighted by Crippen LogP contribution is -2.37. The van der Waals surface area contributed by atoms with Crippen molar-refractivity contribution < 1.29 is 9.59 Å². The van der Waals surface area contributed by atoms with Gasteiger partial charge < -0.3 is 5.32 Å². The highest BCUT2D eigenvalue weighted by atomic mass is 16.2. The molecule has 1 rings (SSSR count). The van der Waals surface area contributed by atoms with Crippen molar-refractivity contribution in [2.24, 2.45) is 5.10 Å². The molecule has 0 unspecified atom stereocenters. The zero-order valence-corrected chi connectivity index (χ0v) is 10.1. The van der Waals surface area contributed by atoms with E-state index in [1.54, 1.807) is 0 Å². The monoisotopic (exact) mass is 245 g/mol. The number of nitrogens with zero attached hydrogens (tertiary/aromatic N) is 1. The van der Waals surface area contributed by atoms with Gasteiger partial charge in [-0.25, -0.2) is 5.43 Å². The fourth-order valence-electron chi connectivity index (χ4n) is 1.11. The Balaban J connectivity index is 2.44. The second-order valence-electron chi connectivity index (χ2n) is 3.61. The summed E-state index contributed by atoms with van der Waals surface area (Å²) in [5.41, 5.74) is 4.12. The van der Waals surface area contributed by atoms with Crippen LogP contribution in [0.1, 0.15) is 11.1 Å². The van der Waals surface area contributed by atoms with Crippen molar-refractivity contribution in [2.45, 2.75) is 6.92 Å². The summed E-state index contributed by atoms with van der Waals surface area (Å²) in [5.74, 6) is -1.55. The smallest absolute Gasteiger partial charge is 0.329 e. The van der Waals surface area contributed by atoms with Gasteiger partial charge in [0, 0.05) is 6.54 Å². The summed E-state index contributed by atoms with van der Waals surface area (Å²) < 4.78 is 0. The number of rotatable bonds is 4. The predicted octanol–water partition coefficient (Wildman–Crippen LogP) is 0.747. The lowest BCUT2D eigenvalue weighted by atomic mass is 10.2. The lowest BCUT2D eigenvalue weighted by Gasteiger charge is -1.99. The average Bonchev–Trinajstić information content (AvgIpc) is 2.38. The van der Waals surface area contributed by atoms with Crippen LogP contribution in [0, 0.1) is 6.92 Å². The summed E-state index contributed by atoms with van der Waals surface area (Å²) in [6, 6.07) is 7.59. The van der Waals surface area contributed by atoms with Gasteiger partial charge in [0.1, 0.15) is 0 Å². The molecule has 18 heavy (non-hydrogen) atoms. The van der Waals surface area contributed by atoms with Gasteiger partial charge in [0.05, 0.1) is 6.21 Å². The molecule has 0 aromatic heterocycles. The van der Waals surface area contributed by atoms with Crippen molar-refractivity contribution in [1.29, 1.82) is 0 Å². The molecule has 94 valence electrons. The third-order valence-electron chi connectivity index (χ3n) is 2.07. The van der Waals surface area contributed by atoms with Crippen LogP contribution in [0.2, 0.25) is 0 Å². The number of amides is 2. The Morgan fingerprint density at radius 2 is 1.94 bits per heavy atom. The van der Waals surface area contributed by atoms with E-state index in [-0.39, 0.29) is 6.54 Å². The Labute approximate surface area is 106 Å². The standard InChI is InChI=1S/C13H15N3O2/c1-3-8-14-12(17)13(18)16-15-9-11-6-4-10(2)5-7-11/h3-7,9H,1,8H2,2H3,(H,14,17)(H,16,18). The quantitative estimate of drug-likeness (QED) is 0.355. The maximum atomic E-state index is 11.2. The van der Waals surface area contributed by atoms with E-state index < -0.39 is 11.8 Å². The molecule has 5 heteroatoms. The SMILES string of the molecule is C=CCNC(=O)C(=O)NN=Cc1ccc(C)cc1. The van der Waals surface area contributed by atoms with Crippen LogP contribution in [0.4, 0.5) is 0 Å². The molecule has 0 heterocycles. The average molecular weight is 245 g/mol. The third kappa shape index (κ3) is 4.61. The molecule has 0 saturated heterocycles. The Hall–Kier alpha value is -2.43. The van der Waals surface area contributed by atoms with E-state index in [1.165, 1.54) is 12.3 Å². The fraction of sp³-hybridized carbons (Fsp3) is 0.154. The Bertz CT molecular complexity index is 464. The van der Waals surface area contributed by atoms with E-state index in [1.807, 2.05) is 31.2 Å². The number of hydrogen-bond donors (Lipinski definition) is 2. The Morgan fingerprint density at radius 3 is 2.56 bits per heavy atom. The number of hydrazone groups is 1. The summed E-state index contributed by atoms with van der Waals surface area (Å²) in [5, 5.41) is 6.03. The van der Waals surface area contributed by atoms with E-state index in [4.69, 9.17) is 0 Å². The largest absolute Gasteiger partial charge is 0.344 e. The topological polar surface area (TPSA) is 70.6 Å². The van der Waals surface area contributed by atoms with Crippen molar-refractivity contribution in [3.05, 3.63) is 48.0 Å². The highest BCUT2D eigenvalue weighted by molar-refractivity contribution is 6.35. The van der Waals surface area contributed by atoms with Gasteiger partial charge in [0.2, 0.25) is 0 Å². The van der Waals surface area contributed by atoms with Crippen molar-refractivity contribution in [3.63, 3.8) is 0 Å². The molecule has 0 radical (unpaired) electrons. The van der Waals surface area contributed by atoms with Crippen molar-refractivity contribution in [3.8, 4) is 0 Å². The van der Waals surface area contributed by atoms with Crippen LogP contribution >= 0.6 is 0 Å². The maximum Gasteiger partial charge on any atom is 0.329 e. The molecule has 0 spiro atoms. The second-order valence-corrected chi connectivity index (χ2v) is 3.61.